The first kappa shape index (κ1) is 24.0. The maximum Gasteiger partial charge on any atom is 0.376 e. The van der Waals surface area contributed by atoms with Crippen molar-refractivity contribution in [1.82, 2.24) is 15.2 Å². The van der Waals surface area contributed by atoms with E-state index in [1.807, 2.05) is 54.6 Å². The lowest BCUT2D eigenvalue weighted by atomic mass is 10.2. The Hall–Kier alpha value is -3.16. The molecule has 0 saturated carbocycles. The predicted octanol–water partition coefficient (Wildman–Crippen LogP) is 4.67. The van der Waals surface area contributed by atoms with Gasteiger partial charge in [0.25, 0.3) is 0 Å². The molecule has 1 aliphatic rings. The highest BCUT2D eigenvalue weighted by atomic mass is 16.5. The van der Waals surface area contributed by atoms with E-state index in [1.165, 1.54) is 26.5 Å². The zero-order chi connectivity index (χ0) is 23.8. The standard InChI is InChI=1S/C27H33N3O4/c1-20-8-6-15-30(20)16-7-17-33-23-13-11-22(12-14-23)26-29-24(25(34-26)27(31)32-2)19-28-18-21-9-4-3-5-10-21/h3-5,9-14,20,28H,6-8,15-19H2,1-2H3. The van der Waals surface area contributed by atoms with Crippen molar-refractivity contribution < 1.29 is 18.7 Å². The SMILES string of the molecule is COC(=O)c1oc(-c2ccc(OCCCN3CCCC3C)cc2)nc1CNCc1ccccc1. The molecule has 1 saturated heterocycles. The average Bonchev–Trinajstić information content (AvgIpc) is 3.48. The molecule has 7 nitrogen and oxygen atoms in total. The number of nitrogens with one attached hydrogen (secondary N) is 1. The van der Waals surface area contributed by atoms with Gasteiger partial charge >= 0.3 is 5.97 Å². The van der Waals surface area contributed by atoms with Crippen molar-refractivity contribution in [2.45, 2.75) is 45.3 Å². The monoisotopic (exact) mass is 463 g/mol. The van der Waals surface area contributed by atoms with Gasteiger partial charge in [-0.25, -0.2) is 9.78 Å². The van der Waals surface area contributed by atoms with Crippen molar-refractivity contribution in [1.29, 1.82) is 0 Å². The van der Waals surface area contributed by atoms with Gasteiger partial charge in [-0.2, -0.15) is 0 Å². The Balaban J connectivity index is 1.34. The molecule has 4 rings (SSSR count). The molecular weight excluding hydrogens is 430 g/mol. The second-order valence-electron chi connectivity index (χ2n) is 8.63. The number of esters is 1. The third kappa shape index (κ3) is 6.24. The van der Waals surface area contributed by atoms with Gasteiger partial charge in [0.2, 0.25) is 11.7 Å². The Morgan fingerprint density at radius 1 is 1.15 bits per heavy atom. The number of likely N-dealkylation sites (tertiary alicyclic amines) is 1. The zero-order valence-corrected chi connectivity index (χ0v) is 20.0. The normalized spacial score (nSPS) is 16.0. The number of aromatic nitrogens is 1. The Morgan fingerprint density at radius 3 is 2.65 bits per heavy atom. The van der Waals surface area contributed by atoms with Gasteiger partial charge in [0.1, 0.15) is 11.4 Å². The molecule has 0 amide bonds. The molecule has 1 aromatic heterocycles. The number of benzene rings is 2. The number of rotatable bonds is 11. The molecule has 0 aliphatic carbocycles. The minimum Gasteiger partial charge on any atom is -0.494 e. The minimum atomic E-state index is -0.539. The van der Waals surface area contributed by atoms with Crippen LogP contribution < -0.4 is 10.1 Å². The quantitative estimate of drug-likeness (QED) is 0.327. The highest BCUT2D eigenvalue weighted by Gasteiger charge is 2.22. The fourth-order valence-electron chi connectivity index (χ4n) is 4.24. The molecule has 34 heavy (non-hydrogen) atoms. The van der Waals surface area contributed by atoms with Gasteiger partial charge in [0, 0.05) is 31.2 Å². The number of carbonyl (C=O) groups is 1. The molecule has 1 N–H and O–H groups in total. The van der Waals surface area contributed by atoms with E-state index in [4.69, 9.17) is 13.9 Å². The number of ether oxygens (including phenoxy) is 2. The number of hydrogen-bond acceptors (Lipinski definition) is 7. The topological polar surface area (TPSA) is 76.8 Å². The maximum atomic E-state index is 12.2. The van der Waals surface area contributed by atoms with E-state index in [1.54, 1.807) is 0 Å². The van der Waals surface area contributed by atoms with Gasteiger partial charge in [-0.15, -0.1) is 0 Å². The van der Waals surface area contributed by atoms with Crippen LogP contribution in [-0.4, -0.2) is 48.7 Å². The minimum absolute atomic E-state index is 0.120. The summed E-state index contributed by atoms with van der Waals surface area (Å²) in [6, 6.07) is 18.3. The largest absolute Gasteiger partial charge is 0.494 e. The van der Waals surface area contributed by atoms with Crippen molar-refractivity contribution in [3.05, 3.63) is 71.6 Å². The summed E-state index contributed by atoms with van der Waals surface area (Å²) in [5.74, 6) is 0.770. The lowest BCUT2D eigenvalue weighted by Crippen LogP contribution is -2.28. The number of methoxy groups -OCH3 is 1. The van der Waals surface area contributed by atoms with E-state index in [2.05, 4.69) is 22.1 Å². The molecule has 7 heteroatoms. The van der Waals surface area contributed by atoms with Crippen LogP contribution in [0.1, 0.15) is 48.0 Å². The van der Waals surface area contributed by atoms with Gasteiger partial charge in [0.05, 0.1) is 13.7 Å². The summed E-state index contributed by atoms with van der Waals surface area (Å²) in [7, 11) is 1.34. The number of carbonyl (C=O) groups excluding carboxylic acids is 1. The van der Waals surface area contributed by atoms with Crippen LogP contribution in [0.4, 0.5) is 0 Å². The van der Waals surface area contributed by atoms with Gasteiger partial charge in [-0.1, -0.05) is 30.3 Å². The first-order valence-electron chi connectivity index (χ1n) is 11.9. The molecule has 0 spiro atoms. The Kier molecular flexibility index (Phi) is 8.33. The Morgan fingerprint density at radius 2 is 1.94 bits per heavy atom. The van der Waals surface area contributed by atoms with Gasteiger partial charge in [-0.05, 0) is 62.6 Å². The molecule has 0 bridgehead atoms. The van der Waals surface area contributed by atoms with E-state index >= 15 is 0 Å². The van der Waals surface area contributed by atoms with E-state index < -0.39 is 5.97 Å². The third-order valence-electron chi connectivity index (χ3n) is 6.18. The molecule has 1 fully saturated rings. The maximum absolute atomic E-state index is 12.2. The van der Waals surface area contributed by atoms with Crippen molar-refractivity contribution in [2.24, 2.45) is 0 Å². The molecule has 180 valence electrons. The summed E-state index contributed by atoms with van der Waals surface area (Å²) in [4.78, 5) is 19.3. The smallest absolute Gasteiger partial charge is 0.376 e. The molecule has 2 heterocycles. The predicted molar refractivity (Wildman–Crippen MR) is 131 cm³/mol. The molecule has 3 aromatic rings. The first-order chi connectivity index (χ1) is 16.6. The van der Waals surface area contributed by atoms with Crippen LogP contribution in [0.5, 0.6) is 5.75 Å². The molecule has 2 aromatic carbocycles. The van der Waals surface area contributed by atoms with Gasteiger partial charge in [0.15, 0.2) is 0 Å². The zero-order valence-electron chi connectivity index (χ0n) is 20.0. The second kappa shape index (κ2) is 11.8. The second-order valence-corrected chi connectivity index (χ2v) is 8.63. The fraction of sp³-hybridized carbons (Fsp3) is 0.407. The first-order valence-corrected chi connectivity index (χ1v) is 11.9. The summed E-state index contributed by atoms with van der Waals surface area (Å²) < 4.78 is 16.6. The summed E-state index contributed by atoms with van der Waals surface area (Å²) >= 11 is 0. The summed E-state index contributed by atoms with van der Waals surface area (Å²) in [6.07, 6.45) is 3.60. The van der Waals surface area contributed by atoms with Gasteiger partial charge in [-0.3, -0.25) is 0 Å². The van der Waals surface area contributed by atoms with Crippen LogP contribution in [0.3, 0.4) is 0 Å². The lowest BCUT2D eigenvalue weighted by Gasteiger charge is -2.20. The van der Waals surface area contributed by atoms with Crippen LogP contribution in [0.25, 0.3) is 11.5 Å². The van der Waals surface area contributed by atoms with Crippen LogP contribution in [0.15, 0.2) is 59.0 Å². The van der Waals surface area contributed by atoms with Crippen LogP contribution in [0.2, 0.25) is 0 Å². The summed E-state index contributed by atoms with van der Waals surface area (Å²) in [5, 5.41) is 3.31. The van der Waals surface area contributed by atoms with Crippen LogP contribution in [0, 0.1) is 0 Å². The summed E-state index contributed by atoms with van der Waals surface area (Å²) in [6.45, 7) is 6.30. The third-order valence-corrected chi connectivity index (χ3v) is 6.18. The highest BCUT2D eigenvalue weighted by molar-refractivity contribution is 5.88. The number of hydrogen-bond donors (Lipinski definition) is 1. The molecule has 1 unspecified atom stereocenters. The van der Waals surface area contributed by atoms with E-state index in [0.717, 1.165) is 29.8 Å². The summed E-state index contributed by atoms with van der Waals surface area (Å²) in [5.41, 5.74) is 2.45. The van der Waals surface area contributed by atoms with Crippen LogP contribution >= 0.6 is 0 Å². The van der Waals surface area contributed by atoms with E-state index in [0.29, 0.717) is 37.3 Å². The number of oxazole rings is 1. The van der Waals surface area contributed by atoms with Crippen molar-refractivity contribution in [2.75, 3.05) is 26.8 Å². The van der Waals surface area contributed by atoms with Crippen molar-refractivity contribution >= 4 is 5.97 Å². The Labute approximate surface area is 201 Å². The number of nitrogens with zero attached hydrogens (tertiary/aromatic N) is 2. The fourth-order valence-corrected chi connectivity index (χ4v) is 4.24. The molecular formula is C27H33N3O4. The molecule has 0 radical (unpaired) electrons. The van der Waals surface area contributed by atoms with Gasteiger partial charge < -0.3 is 24.1 Å². The van der Waals surface area contributed by atoms with E-state index in [-0.39, 0.29) is 5.76 Å². The van der Waals surface area contributed by atoms with Crippen molar-refractivity contribution in [3.8, 4) is 17.2 Å². The van der Waals surface area contributed by atoms with Crippen LogP contribution in [-0.2, 0) is 17.8 Å². The average molecular weight is 464 g/mol. The Bertz CT molecular complexity index is 1050. The van der Waals surface area contributed by atoms with Crippen molar-refractivity contribution in [3.63, 3.8) is 0 Å². The molecule has 1 atom stereocenters. The lowest BCUT2D eigenvalue weighted by molar-refractivity contribution is 0.0564. The molecule has 1 aliphatic heterocycles. The highest BCUT2D eigenvalue weighted by Crippen LogP contribution is 2.25. The van der Waals surface area contributed by atoms with E-state index in [9.17, 15) is 4.79 Å².